The zero-order valence-corrected chi connectivity index (χ0v) is 21.0. The Morgan fingerprint density at radius 1 is 0.889 bits per heavy atom. The van der Waals surface area contributed by atoms with Crippen LogP contribution in [0.5, 0.6) is 5.88 Å². The van der Waals surface area contributed by atoms with Crippen LogP contribution in [0.15, 0.2) is 97.1 Å². The van der Waals surface area contributed by atoms with Gasteiger partial charge in [-0.15, -0.1) is 0 Å². The number of pyridine rings is 1. The fourth-order valence-corrected chi connectivity index (χ4v) is 5.38. The molecule has 2 N–H and O–H groups in total. The van der Waals surface area contributed by atoms with Gasteiger partial charge >= 0.3 is 0 Å². The van der Waals surface area contributed by atoms with Crippen molar-refractivity contribution in [2.75, 3.05) is 20.7 Å². The summed E-state index contributed by atoms with van der Waals surface area (Å²) >= 11 is 0. The molecule has 4 heteroatoms. The smallest absolute Gasteiger partial charge is 0.217 e. The molecule has 0 aliphatic carbocycles. The van der Waals surface area contributed by atoms with Gasteiger partial charge in [0.15, 0.2) is 0 Å². The van der Waals surface area contributed by atoms with Crippen molar-refractivity contribution in [1.82, 2.24) is 10.3 Å². The lowest BCUT2D eigenvalue weighted by Gasteiger charge is -2.39. The second-order valence-corrected chi connectivity index (χ2v) is 9.43. The molecule has 0 radical (unpaired) electrons. The number of methoxy groups -OCH3 is 1. The SMILES string of the molecule is CNCCC(O)(c1cccc2ccccc12)C(c1ccccc1)c1cc2cc(C)ccc2nc1OC. The second-order valence-electron chi connectivity index (χ2n) is 9.43. The van der Waals surface area contributed by atoms with E-state index in [1.807, 2.05) is 49.5 Å². The van der Waals surface area contributed by atoms with Crippen LogP contribution in [0.1, 0.15) is 34.6 Å². The first-order valence-electron chi connectivity index (χ1n) is 12.4. The first kappa shape index (κ1) is 24.0. The molecule has 0 saturated carbocycles. The van der Waals surface area contributed by atoms with Crippen LogP contribution in [0, 0.1) is 6.92 Å². The molecule has 5 rings (SSSR count). The quantitative estimate of drug-likeness (QED) is 0.275. The minimum Gasteiger partial charge on any atom is -0.481 e. The Morgan fingerprint density at radius 3 is 2.42 bits per heavy atom. The lowest BCUT2D eigenvalue weighted by atomic mass is 9.70. The van der Waals surface area contributed by atoms with Crippen molar-refractivity contribution >= 4 is 21.7 Å². The van der Waals surface area contributed by atoms with Crippen LogP contribution >= 0.6 is 0 Å². The average Bonchev–Trinajstić information content (AvgIpc) is 2.92. The third-order valence-corrected chi connectivity index (χ3v) is 7.09. The summed E-state index contributed by atoms with van der Waals surface area (Å²) in [5, 5.41) is 19.3. The topological polar surface area (TPSA) is 54.4 Å². The molecule has 0 aliphatic heterocycles. The number of aliphatic hydroxyl groups is 1. The maximum Gasteiger partial charge on any atom is 0.217 e. The van der Waals surface area contributed by atoms with E-state index in [1.165, 1.54) is 0 Å². The van der Waals surface area contributed by atoms with E-state index < -0.39 is 11.5 Å². The van der Waals surface area contributed by atoms with Gasteiger partial charge < -0.3 is 15.2 Å². The molecule has 2 atom stereocenters. The van der Waals surface area contributed by atoms with Gasteiger partial charge in [-0.3, -0.25) is 0 Å². The van der Waals surface area contributed by atoms with Crippen LogP contribution in [0.3, 0.4) is 0 Å². The summed E-state index contributed by atoms with van der Waals surface area (Å²) in [6.07, 6.45) is 0.506. The monoisotopic (exact) mass is 476 g/mol. The summed E-state index contributed by atoms with van der Waals surface area (Å²) in [6.45, 7) is 2.73. The van der Waals surface area contributed by atoms with Crippen LogP contribution in [0.4, 0.5) is 0 Å². The van der Waals surface area contributed by atoms with E-state index in [2.05, 4.69) is 66.8 Å². The maximum absolute atomic E-state index is 12.9. The highest BCUT2D eigenvalue weighted by Gasteiger charge is 2.42. The summed E-state index contributed by atoms with van der Waals surface area (Å²) < 4.78 is 5.87. The van der Waals surface area contributed by atoms with E-state index in [1.54, 1.807) is 7.11 Å². The third kappa shape index (κ3) is 4.34. The van der Waals surface area contributed by atoms with Crippen molar-refractivity contribution in [3.05, 3.63) is 119 Å². The van der Waals surface area contributed by atoms with E-state index in [-0.39, 0.29) is 0 Å². The minimum absolute atomic E-state index is 0.412. The molecule has 5 aromatic rings. The molecular formula is C32H32N2O2. The van der Waals surface area contributed by atoms with E-state index in [0.717, 1.165) is 43.9 Å². The Morgan fingerprint density at radius 2 is 1.64 bits per heavy atom. The average molecular weight is 477 g/mol. The fourth-order valence-electron chi connectivity index (χ4n) is 5.38. The number of hydrogen-bond acceptors (Lipinski definition) is 4. The third-order valence-electron chi connectivity index (χ3n) is 7.09. The predicted molar refractivity (Wildman–Crippen MR) is 148 cm³/mol. The number of aryl methyl sites for hydroxylation is 1. The summed E-state index contributed by atoms with van der Waals surface area (Å²) in [4.78, 5) is 4.88. The number of rotatable bonds is 8. The number of hydrogen-bond donors (Lipinski definition) is 2. The highest BCUT2D eigenvalue weighted by atomic mass is 16.5. The highest BCUT2D eigenvalue weighted by molar-refractivity contribution is 5.87. The van der Waals surface area contributed by atoms with E-state index >= 15 is 0 Å². The van der Waals surface area contributed by atoms with Crippen LogP contribution in [0.2, 0.25) is 0 Å². The first-order chi connectivity index (χ1) is 17.5. The summed E-state index contributed by atoms with van der Waals surface area (Å²) in [7, 11) is 3.57. The molecule has 0 amide bonds. The lowest BCUT2D eigenvalue weighted by molar-refractivity contribution is 0.0118. The number of nitrogens with zero attached hydrogens (tertiary/aromatic N) is 1. The van der Waals surface area contributed by atoms with E-state index in [4.69, 9.17) is 9.72 Å². The zero-order chi connectivity index (χ0) is 25.1. The Labute approximate surface area is 212 Å². The maximum atomic E-state index is 12.9. The molecule has 2 unspecified atom stereocenters. The summed E-state index contributed by atoms with van der Waals surface area (Å²) in [5.41, 5.74) is 3.58. The normalized spacial score (nSPS) is 14.0. The highest BCUT2D eigenvalue weighted by Crippen LogP contribution is 2.48. The van der Waals surface area contributed by atoms with Crippen molar-refractivity contribution < 1.29 is 9.84 Å². The van der Waals surface area contributed by atoms with E-state index in [0.29, 0.717) is 18.8 Å². The van der Waals surface area contributed by atoms with Gasteiger partial charge in [-0.05, 0) is 67.0 Å². The Bertz CT molecular complexity index is 1490. The Kier molecular flexibility index (Phi) is 6.73. The van der Waals surface area contributed by atoms with Gasteiger partial charge in [0.25, 0.3) is 0 Å². The van der Waals surface area contributed by atoms with Crippen molar-refractivity contribution in [2.24, 2.45) is 0 Å². The van der Waals surface area contributed by atoms with Gasteiger partial charge in [0.05, 0.1) is 12.6 Å². The van der Waals surface area contributed by atoms with Gasteiger partial charge in [0, 0.05) is 16.9 Å². The van der Waals surface area contributed by atoms with Gasteiger partial charge in [-0.2, -0.15) is 0 Å². The lowest BCUT2D eigenvalue weighted by Crippen LogP contribution is -2.37. The van der Waals surface area contributed by atoms with Gasteiger partial charge in [0.1, 0.15) is 5.60 Å². The molecule has 4 aromatic carbocycles. The zero-order valence-electron chi connectivity index (χ0n) is 21.0. The molecule has 0 fully saturated rings. The van der Waals surface area contributed by atoms with Crippen LogP contribution in [-0.2, 0) is 5.60 Å². The fraction of sp³-hybridized carbons (Fsp3) is 0.219. The number of fused-ring (bicyclic) bond motifs is 2. The van der Waals surface area contributed by atoms with Crippen LogP contribution < -0.4 is 10.1 Å². The predicted octanol–water partition coefficient (Wildman–Crippen LogP) is 6.33. The number of aromatic nitrogens is 1. The summed E-state index contributed by atoms with van der Waals surface area (Å²) in [6, 6.07) is 33.0. The molecule has 0 bridgehead atoms. The molecule has 1 heterocycles. The number of benzene rings is 4. The standard InChI is InChI=1S/C32H32N2O2/c1-22-16-17-29-25(20-22)21-27(31(34-29)36-3)30(24-11-5-4-6-12-24)32(35,18-19-33-2)28-15-9-13-23-10-7-8-14-26(23)28/h4-17,20-21,30,33,35H,18-19H2,1-3H3. The van der Waals surface area contributed by atoms with Crippen LogP contribution in [-0.4, -0.2) is 30.8 Å². The van der Waals surface area contributed by atoms with Gasteiger partial charge in [0.2, 0.25) is 5.88 Å². The molecule has 1 aromatic heterocycles. The Balaban J connectivity index is 1.84. The second kappa shape index (κ2) is 10.1. The van der Waals surface area contributed by atoms with Crippen molar-refractivity contribution in [2.45, 2.75) is 24.9 Å². The Hall–Kier alpha value is -3.73. The van der Waals surface area contributed by atoms with E-state index in [9.17, 15) is 5.11 Å². The largest absolute Gasteiger partial charge is 0.481 e. The first-order valence-corrected chi connectivity index (χ1v) is 12.4. The molecule has 0 spiro atoms. The molecule has 0 aliphatic rings. The van der Waals surface area contributed by atoms with Crippen molar-refractivity contribution in [3.8, 4) is 5.88 Å². The van der Waals surface area contributed by atoms with Gasteiger partial charge in [-0.25, -0.2) is 4.98 Å². The van der Waals surface area contributed by atoms with Crippen molar-refractivity contribution in [1.29, 1.82) is 0 Å². The molecular weight excluding hydrogens is 444 g/mol. The molecule has 36 heavy (non-hydrogen) atoms. The summed E-state index contributed by atoms with van der Waals surface area (Å²) in [5.74, 6) is 0.119. The van der Waals surface area contributed by atoms with Gasteiger partial charge in [-0.1, -0.05) is 84.4 Å². The number of nitrogens with one attached hydrogen (secondary N) is 1. The minimum atomic E-state index is -1.24. The molecule has 0 saturated heterocycles. The molecule has 4 nitrogen and oxygen atoms in total. The van der Waals surface area contributed by atoms with Crippen molar-refractivity contribution in [3.63, 3.8) is 0 Å². The number of ether oxygens (including phenoxy) is 1. The molecule has 182 valence electrons. The van der Waals surface area contributed by atoms with Crippen LogP contribution in [0.25, 0.3) is 21.7 Å².